The molecule has 1 heterocycles. The van der Waals surface area contributed by atoms with Gasteiger partial charge in [-0.25, -0.2) is 4.39 Å². The summed E-state index contributed by atoms with van der Waals surface area (Å²) >= 11 is 0. The molecular formula is C39H36FNO5S. The highest BCUT2D eigenvalue weighted by Gasteiger charge is 2.22. The number of hydrogen-bond donors (Lipinski definition) is 1. The van der Waals surface area contributed by atoms with E-state index in [0.29, 0.717) is 54.1 Å². The van der Waals surface area contributed by atoms with Crippen LogP contribution in [0.25, 0.3) is 22.2 Å². The molecule has 47 heavy (non-hydrogen) atoms. The van der Waals surface area contributed by atoms with Gasteiger partial charge < -0.3 is 14.0 Å². The van der Waals surface area contributed by atoms with Gasteiger partial charge in [-0.1, -0.05) is 72.3 Å². The lowest BCUT2D eigenvalue weighted by Gasteiger charge is -2.15. The Morgan fingerprint density at radius 1 is 0.766 bits per heavy atom. The summed E-state index contributed by atoms with van der Waals surface area (Å²) in [5, 5.41) is 0.477. The van der Waals surface area contributed by atoms with Crippen LogP contribution in [0, 0.1) is 19.7 Å². The van der Waals surface area contributed by atoms with E-state index in [1.165, 1.54) is 6.07 Å². The van der Waals surface area contributed by atoms with Gasteiger partial charge in [-0.2, -0.15) is 8.42 Å². The molecule has 0 radical (unpaired) electrons. The lowest BCUT2D eigenvalue weighted by Crippen LogP contribution is -2.05. The third-order valence-corrected chi connectivity index (χ3v) is 9.40. The first-order valence-electron chi connectivity index (χ1n) is 15.4. The number of halogens is 1. The minimum Gasteiger partial charge on any atom is -0.497 e. The van der Waals surface area contributed by atoms with Crippen LogP contribution in [-0.2, 0) is 36.1 Å². The Bertz CT molecular complexity index is 2160. The maximum atomic E-state index is 16.5. The third-order valence-electron chi connectivity index (χ3n) is 8.45. The summed E-state index contributed by atoms with van der Waals surface area (Å²) in [5.41, 5.74) is 7.44. The standard InChI is InChI=1S/C39H36FNO5S/c1-26-9-20-37(47(42,43)44)31(21-26)15-14-28-10-12-29(13-11-28)24-41-36-19-17-33(46-25-30-7-5-4-6-8-30)23-35(36)38(40)39(41)34-18-16-32(45-3)22-27(34)2/h4-13,16-23H,14-15,24-25H2,1-3H3,(H,42,43,44). The molecule has 8 heteroatoms. The number of fused-ring (bicyclic) bond motifs is 1. The number of ether oxygens (including phenoxy) is 2. The average molecular weight is 650 g/mol. The van der Waals surface area contributed by atoms with E-state index >= 15 is 4.39 Å². The minimum atomic E-state index is -4.31. The van der Waals surface area contributed by atoms with Crippen molar-refractivity contribution >= 4 is 21.0 Å². The monoisotopic (exact) mass is 649 g/mol. The molecule has 0 saturated carbocycles. The van der Waals surface area contributed by atoms with Gasteiger partial charge in [0.2, 0.25) is 0 Å². The van der Waals surface area contributed by atoms with Crippen LogP contribution in [0.15, 0.2) is 114 Å². The first-order chi connectivity index (χ1) is 22.6. The predicted molar refractivity (Wildman–Crippen MR) is 183 cm³/mol. The van der Waals surface area contributed by atoms with Crippen LogP contribution in [0.3, 0.4) is 0 Å². The Hall–Kier alpha value is -4.92. The molecule has 1 N–H and O–H groups in total. The summed E-state index contributed by atoms with van der Waals surface area (Å²) in [5.74, 6) is 0.976. The molecule has 5 aromatic carbocycles. The summed E-state index contributed by atoms with van der Waals surface area (Å²) in [6, 6.07) is 34.0. The van der Waals surface area contributed by atoms with Crippen molar-refractivity contribution < 1.29 is 26.8 Å². The van der Waals surface area contributed by atoms with Crippen molar-refractivity contribution in [2.24, 2.45) is 0 Å². The Kier molecular flexibility index (Phi) is 9.16. The van der Waals surface area contributed by atoms with Gasteiger partial charge in [0.05, 0.1) is 23.2 Å². The molecule has 0 aliphatic carbocycles. The van der Waals surface area contributed by atoms with Crippen molar-refractivity contribution in [3.63, 3.8) is 0 Å². The molecule has 240 valence electrons. The largest absolute Gasteiger partial charge is 0.497 e. The predicted octanol–water partition coefficient (Wildman–Crippen LogP) is 8.73. The highest BCUT2D eigenvalue weighted by molar-refractivity contribution is 7.85. The second kappa shape index (κ2) is 13.4. The van der Waals surface area contributed by atoms with Crippen LogP contribution in [0.1, 0.15) is 33.4 Å². The Balaban J connectivity index is 1.31. The van der Waals surface area contributed by atoms with Gasteiger partial charge in [-0.05, 0) is 97.0 Å². The van der Waals surface area contributed by atoms with Crippen LogP contribution in [-0.4, -0.2) is 24.6 Å². The molecule has 1 aromatic heterocycles. The molecule has 0 fully saturated rings. The maximum absolute atomic E-state index is 16.5. The van der Waals surface area contributed by atoms with Gasteiger partial charge in [0.1, 0.15) is 18.1 Å². The first kappa shape index (κ1) is 32.0. The number of rotatable bonds is 11. The lowest BCUT2D eigenvalue weighted by atomic mass is 10.0. The van der Waals surface area contributed by atoms with E-state index < -0.39 is 10.1 Å². The first-order valence-corrected chi connectivity index (χ1v) is 16.8. The van der Waals surface area contributed by atoms with E-state index in [-0.39, 0.29) is 10.7 Å². The van der Waals surface area contributed by atoms with Crippen LogP contribution in [0.2, 0.25) is 0 Å². The summed E-state index contributed by atoms with van der Waals surface area (Å²) in [6.07, 6.45) is 1.05. The minimum absolute atomic E-state index is 0.0591. The van der Waals surface area contributed by atoms with Crippen molar-refractivity contribution in [3.05, 3.63) is 148 Å². The summed E-state index contributed by atoms with van der Waals surface area (Å²) in [4.78, 5) is -0.0591. The number of benzene rings is 5. The van der Waals surface area contributed by atoms with Crippen molar-refractivity contribution in [1.82, 2.24) is 4.57 Å². The van der Waals surface area contributed by atoms with E-state index in [1.807, 2.05) is 103 Å². The average Bonchev–Trinajstić information content (AvgIpc) is 3.33. The summed E-state index contributed by atoms with van der Waals surface area (Å²) < 4.78 is 63.4. The zero-order chi connectivity index (χ0) is 33.1. The maximum Gasteiger partial charge on any atom is 0.294 e. The normalized spacial score (nSPS) is 11.6. The quantitative estimate of drug-likeness (QED) is 0.142. The van der Waals surface area contributed by atoms with Gasteiger partial charge in [-0.15, -0.1) is 0 Å². The fourth-order valence-corrected chi connectivity index (χ4v) is 6.74. The second-order valence-electron chi connectivity index (χ2n) is 11.8. The third kappa shape index (κ3) is 7.09. The van der Waals surface area contributed by atoms with Crippen molar-refractivity contribution in [1.29, 1.82) is 0 Å². The lowest BCUT2D eigenvalue weighted by molar-refractivity contribution is 0.306. The van der Waals surface area contributed by atoms with Gasteiger partial charge in [-0.3, -0.25) is 4.55 Å². The van der Waals surface area contributed by atoms with Gasteiger partial charge >= 0.3 is 0 Å². The molecule has 6 rings (SSSR count). The van der Waals surface area contributed by atoms with Crippen molar-refractivity contribution in [2.75, 3.05) is 7.11 Å². The molecule has 0 aliphatic rings. The highest BCUT2D eigenvalue weighted by atomic mass is 32.2. The van der Waals surface area contributed by atoms with E-state index in [0.717, 1.165) is 38.9 Å². The molecule has 0 unspecified atom stereocenters. The van der Waals surface area contributed by atoms with E-state index in [1.54, 1.807) is 25.3 Å². The zero-order valence-electron chi connectivity index (χ0n) is 26.5. The Morgan fingerprint density at radius 3 is 2.19 bits per heavy atom. The Labute approximate surface area is 274 Å². The number of aryl methyl sites for hydroxylation is 4. The van der Waals surface area contributed by atoms with Gasteiger partial charge in [0, 0.05) is 17.5 Å². The van der Waals surface area contributed by atoms with Crippen molar-refractivity contribution in [3.8, 4) is 22.8 Å². The summed E-state index contributed by atoms with van der Waals surface area (Å²) in [7, 11) is -2.70. The van der Waals surface area contributed by atoms with Crippen LogP contribution >= 0.6 is 0 Å². The summed E-state index contributed by atoms with van der Waals surface area (Å²) in [6.45, 7) is 4.65. The number of methoxy groups -OCH3 is 1. The molecule has 6 nitrogen and oxygen atoms in total. The SMILES string of the molecule is COc1ccc(-c2c(F)c3cc(OCc4ccccc4)ccc3n2Cc2ccc(CCc3cc(C)ccc3S(=O)(=O)O)cc2)c(C)c1. The topological polar surface area (TPSA) is 77.8 Å². The van der Waals surface area contributed by atoms with Gasteiger partial charge in [0.15, 0.2) is 5.82 Å². The van der Waals surface area contributed by atoms with Crippen LogP contribution in [0.4, 0.5) is 4.39 Å². The fraction of sp³-hybridized carbons (Fsp3) is 0.179. The molecular weight excluding hydrogens is 613 g/mol. The number of aromatic nitrogens is 1. The molecule has 0 aliphatic heterocycles. The van der Waals surface area contributed by atoms with Gasteiger partial charge in [0.25, 0.3) is 10.1 Å². The molecule has 6 aromatic rings. The highest BCUT2D eigenvalue weighted by Crippen LogP contribution is 2.37. The zero-order valence-corrected chi connectivity index (χ0v) is 27.4. The molecule has 0 atom stereocenters. The number of hydrogen-bond acceptors (Lipinski definition) is 4. The molecule has 0 spiro atoms. The van der Waals surface area contributed by atoms with Crippen LogP contribution < -0.4 is 9.47 Å². The van der Waals surface area contributed by atoms with Crippen molar-refractivity contribution in [2.45, 2.75) is 44.7 Å². The molecule has 0 amide bonds. The Morgan fingerprint density at radius 2 is 1.49 bits per heavy atom. The smallest absolute Gasteiger partial charge is 0.294 e. The molecule has 0 bridgehead atoms. The second-order valence-corrected chi connectivity index (χ2v) is 13.2. The van der Waals surface area contributed by atoms with E-state index in [4.69, 9.17) is 9.47 Å². The number of nitrogens with zero attached hydrogens (tertiary/aromatic N) is 1. The van der Waals surface area contributed by atoms with E-state index in [2.05, 4.69) is 0 Å². The van der Waals surface area contributed by atoms with Crippen LogP contribution in [0.5, 0.6) is 11.5 Å². The molecule has 0 saturated heterocycles. The van der Waals surface area contributed by atoms with E-state index in [9.17, 15) is 13.0 Å². The fourth-order valence-electron chi connectivity index (χ4n) is 6.01.